The molecule has 0 amide bonds. The van der Waals surface area contributed by atoms with Crippen molar-refractivity contribution in [2.24, 2.45) is 0 Å². The SMILES string of the molecule is CC1(C)c2ccccc2-c2ccc(-c3cc(-n4c5c(c6c(-c7ccc8c9ccccc9n(-c9ccccc9)c8c7)cccc64)CCC=C5)cc4c3sc3ccccc34)cc21. The van der Waals surface area contributed by atoms with Crippen molar-refractivity contribution in [3.8, 4) is 44.8 Å². The third-order valence-corrected chi connectivity index (χ3v) is 14.8. The molecule has 0 N–H and O–H groups in total. The summed E-state index contributed by atoms with van der Waals surface area (Å²) in [6.07, 6.45) is 6.79. The molecule has 0 saturated carbocycles. The Morgan fingerprint density at radius 2 is 1.20 bits per heavy atom. The number of para-hydroxylation sites is 2. The Morgan fingerprint density at radius 1 is 0.483 bits per heavy atom. The van der Waals surface area contributed by atoms with E-state index in [0.717, 1.165) is 12.8 Å². The fourth-order valence-corrected chi connectivity index (χ4v) is 12.0. The van der Waals surface area contributed by atoms with Crippen LogP contribution in [0.15, 0.2) is 176 Å². The van der Waals surface area contributed by atoms with Gasteiger partial charge in [0.25, 0.3) is 0 Å². The van der Waals surface area contributed by atoms with Crippen LogP contribution in [0.2, 0.25) is 0 Å². The standard InChI is InChI=1S/C57H40N2S/c1-57(2)48-22-10-6-17-40(48)41-29-27-35(31-49(41)57)46-33-38(34-47-44-19-9-13-26-54(44)60-56(46)47)59-51-24-12-8-20-45(51)55-39(21-14-25-52(55)59)36-28-30-43-42-18-7-11-23-50(42)58(53(43)32-36)37-15-4-3-5-16-37/h3-7,9-19,21-34H,8,20H2,1-2H3. The van der Waals surface area contributed by atoms with Crippen LogP contribution in [-0.2, 0) is 11.8 Å². The molecule has 0 unspecified atom stereocenters. The molecular formula is C57H40N2S. The largest absolute Gasteiger partial charge is 0.310 e. The molecule has 284 valence electrons. The van der Waals surface area contributed by atoms with Crippen LogP contribution >= 0.6 is 11.3 Å². The molecule has 8 aromatic carbocycles. The van der Waals surface area contributed by atoms with Gasteiger partial charge in [0.2, 0.25) is 0 Å². The van der Waals surface area contributed by atoms with Crippen LogP contribution in [0.1, 0.15) is 42.7 Å². The normalized spacial score (nSPS) is 14.1. The summed E-state index contributed by atoms with van der Waals surface area (Å²) in [5.41, 5.74) is 19.4. The second-order valence-corrected chi connectivity index (χ2v) is 18.2. The Balaban J connectivity index is 1.06. The Morgan fingerprint density at radius 3 is 2.12 bits per heavy atom. The van der Waals surface area contributed by atoms with E-state index < -0.39 is 0 Å². The number of aromatic nitrogens is 2. The number of hydrogen-bond donors (Lipinski definition) is 0. The Kier molecular flexibility index (Phi) is 7.10. The molecule has 13 rings (SSSR count). The maximum atomic E-state index is 2.56. The van der Waals surface area contributed by atoms with Crippen LogP contribution in [0.5, 0.6) is 0 Å². The van der Waals surface area contributed by atoms with E-state index >= 15 is 0 Å². The van der Waals surface area contributed by atoms with Gasteiger partial charge in [0.05, 0.1) is 16.6 Å². The van der Waals surface area contributed by atoms with Gasteiger partial charge < -0.3 is 9.13 Å². The maximum Gasteiger partial charge on any atom is 0.0547 e. The van der Waals surface area contributed by atoms with Gasteiger partial charge in [0.1, 0.15) is 0 Å². The number of allylic oxidation sites excluding steroid dienone is 1. The van der Waals surface area contributed by atoms with Gasteiger partial charge >= 0.3 is 0 Å². The summed E-state index contributed by atoms with van der Waals surface area (Å²) in [5.74, 6) is 0. The van der Waals surface area contributed by atoms with Crippen LogP contribution < -0.4 is 0 Å². The summed E-state index contributed by atoms with van der Waals surface area (Å²) in [6.45, 7) is 4.77. The van der Waals surface area contributed by atoms with Crippen LogP contribution in [-0.4, -0.2) is 9.13 Å². The first-order valence-corrected chi connectivity index (χ1v) is 22.0. The van der Waals surface area contributed by atoms with Crippen molar-refractivity contribution >= 4 is 70.3 Å². The molecule has 11 aromatic rings. The number of aryl methyl sites for hydroxylation is 1. The van der Waals surface area contributed by atoms with Gasteiger partial charge in [-0.2, -0.15) is 0 Å². The van der Waals surface area contributed by atoms with Crippen molar-refractivity contribution in [1.82, 2.24) is 9.13 Å². The molecule has 3 heterocycles. The molecule has 0 fully saturated rings. The second kappa shape index (κ2) is 12.5. The molecule has 2 aliphatic rings. The van der Waals surface area contributed by atoms with Gasteiger partial charge in [0, 0.05) is 64.4 Å². The zero-order valence-corrected chi connectivity index (χ0v) is 34.4. The topological polar surface area (TPSA) is 9.86 Å². The molecule has 0 saturated heterocycles. The predicted octanol–water partition coefficient (Wildman–Crippen LogP) is 15.7. The molecule has 60 heavy (non-hydrogen) atoms. The van der Waals surface area contributed by atoms with Gasteiger partial charge in [-0.1, -0.05) is 135 Å². The number of nitrogens with zero attached hydrogens (tertiary/aromatic N) is 2. The lowest BCUT2D eigenvalue weighted by atomic mass is 9.81. The summed E-state index contributed by atoms with van der Waals surface area (Å²) in [6, 6.07) is 63.7. The van der Waals surface area contributed by atoms with Crippen LogP contribution in [0.4, 0.5) is 0 Å². The molecular weight excluding hydrogens is 745 g/mol. The lowest BCUT2D eigenvalue weighted by molar-refractivity contribution is 0.660. The van der Waals surface area contributed by atoms with Crippen molar-refractivity contribution in [3.05, 3.63) is 198 Å². The monoisotopic (exact) mass is 784 g/mol. The van der Waals surface area contributed by atoms with Crippen molar-refractivity contribution in [3.63, 3.8) is 0 Å². The van der Waals surface area contributed by atoms with Crippen LogP contribution in [0.25, 0.3) is 104 Å². The zero-order valence-electron chi connectivity index (χ0n) is 33.5. The quantitative estimate of drug-likeness (QED) is 0.168. The second-order valence-electron chi connectivity index (χ2n) is 17.2. The van der Waals surface area contributed by atoms with E-state index in [9.17, 15) is 0 Å². The minimum atomic E-state index is -0.0752. The van der Waals surface area contributed by atoms with E-state index in [2.05, 4.69) is 205 Å². The zero-order chi connectivity index (χ0) is 39.7. The fraction of sp³-hybridized carbons (Fsp3) is 0.0877. The van der Waals surface area contributed by atoms with E-state index in [1.807, 2.05) is 11.3 Å². The van der Waals surface area contributed by atoms with Crippen LogP contribution in [0, 0.1) is 0 Å². The minimum Gasteiger partial charge on any atom is -0.310 e. The molecule has 2 aliphatic carbocycles. The van der Waals surface area contributed by atoms with Gasteiger partial charge in [0.15, 0.2) is 0 Å². The number of thiophene rings is 1. The first kappa shape index (κ1) is 34.0. The summed E-state index contributed by atoms with van der Waals surface area (Å²) in [5, 5.41) is 6.54. The lowest BCUT2D eigenvalue weighted by Gasteiger charge is -2.22. The molecule has 2 nitrogen and oxygen atoms in total. The van der Waals surface area contributed by atoms with E-state index in [-0.39, 0.29) is 5.41 Å². The van der Waals surface area contributed by atoms with Crippen molar-refractivity contribution < 1.29 is 0 Å². The first-order chi connectivity index (χ1) is 29.5. The summed E-state index contributed by atoms with van der Waals surface area (Å²) in [4.78, 5) is 0. The van der Waals surface area contributed by atoms with Crippen molar-refractivity contribution in [2.45, 2.75) is 32.1 Å². The number of fused-ring (bicyclic) bond motifs is 12. The average Bonchev–Trinajstić information content (AvgIpc) is 4.01. The molecule has 0 atom stereocenters. The van der Waals surface area contributed by atoms with E-state index in [1.165, 1.54) is 120 Å². The number of hydrogen-bond acceptors (Lipinski definition) is 1. The predicted molar refractivity (Wildman–Crippen MR) is 256 cm³/mol. The maximum absolute atomic E-state index is 2.56. The highest BCUT2D eigenvalue weighted by Gasteiger charge is 2.35. The highest BCUT2D eigenvalue weighted by Crippen LogP contribution is 2.51. The molecule has 0 aliphatic heterocycles. The van der Waals surface area contributed by atoms with Crippen molar-refractivity contribution in [2.75, 3.05) is 0 Å². The van der Waals surface area contributed by atoms with Gasteiger partial charge in [-0.05, 0) is 118 Å². The van der Waals surface area contributed by atoms with Gasteiger partial charge in [-0.25, -0.2) is 0 Å². The summed E-state index contributed by atoms with van der Waals surface area (Å²) < 4.78 is 7.66. The van der Waals surface area contributed by atoms with E-state index in [4.69, 9.17) is 0 Å². The van der Waals surface area contributed by atoms with E-state index in [1.54, 1.807) is 0 Å². The Labute approximate surface area is 352 Å². The average molecular weight is 785 g/mol. The molecule has 3 aromatic heterocycles. The molecule has 0 radical (unpaired) electrons. The number of rotatable bonds is 4. The molecule has 3 heteroatoms. The highest BCUT2D eigenvalue weighted by atomic mass is 32.1. The number of benzene rings is 8. The van der Waals surface area contributed by atoms with E-state index in [0.29, 0.717) is 0 Å². The smallest absolute Gasteiger partial charge is 0.0547 e. The Bertz CT molecular complexity index is 3630. The third kappa shape index (κ3) is 4.70. The van der Waals surface area contributed by atoms with Gasteiger partial charge in [-0.3, -0.25) is 0 Å². The molecule has 0 spiro atoms. The van der Waals surface area contributed by atoms with Crippen LogP contribution in [0.3, 0.4) is 0 Å². The van der Waals surface area contributed by atoms with Gasteiger partial charge in [-0.15, -0.1) is 11.3 Å². The third-order valence-electron chi connectivity index (χ3n) is 13.6. The lowest BCUT2D eigenvalue weighted by Crippen LogP contribution is -2.14. The summed E-state index contributed by atoms with van der Waals surface area (Å²) >= 11 is 1.92. The van der Waals surface area contributed by atoms with Crippen molar-refractivity contribution in [1.29, 1.82) is 0 Å². The highest BCUT2D eigenvalue weighted by molar-refractivity contribution is 7.26. The molecule has 0 bridgehead atoms. The minimum absolute atomic E-state index is 0.0752. The fourth-order valence-electron chi connectivity index (χ4n) is 10.8. The Hall–Kier alpha value is -6.94. The first-order valence-electron chi connectivity index (χ1n) is 21.2. The summed E-state index contributed by atoms with van der Waals surface area (Å²) in [7, 11) is 0.